The van der Waals surface area contributed by atoms with Crippen molar-refractivity contribution in [2.75, 3.05) is 30.4 Å². The monoisotopic (exact) mass is 481 g/mol. The van der Waals surface area contributed by atoms with E-state index in [0.717, 1.165) is 33.0 Å². The molecule has 1 N–H and O–H groups in total. The van der Waals surface area contributed by atoms with Gasteiger partial charge in [0.05, 0.1) is 5.69 Å². The summed E-state index contributed by atoms with van der Waals surface area (Å²) in [6, 6.07) is 24.2. The minimum atomic E-state index is -1.16. The summed E-state index contributed by atoms with van der Waals surface area (Å²) in [4.78, 5) is 33.9. The van der Waals surface area contributed by atoms with Gasteiger partial charge in [-0.05, 0) is 37.7 Å². The summed E-state index contributed by atoms with van der Waals surface area (Å²) in [6.45, 7) is 6.92. The lowest BCUT2D eigenvalue weighted by Gasteiger charge is -2.47. The van der Waals surface area contributed by atoms with Crippen LogP contribution in [0.3, 0.4) is 0 Å². The van der Waals surface area contributed by atoms with Gasteiger partial charge in [-0.3, -0.25) is 14.5 Å². The highest BCUT2D eigenvalue weighted by molar-refractivity contribution is 8.02. The van der Waals surface area contributed by atoms with Gasteiger partial charge >= 0.3 is 0 Å². The fraction of sp³-hybridized carbons (Fsp3) is 0.241. The van der Waals surface area contributed by atoms with E-state index in [2.05, 4.69) is 48.0 Å². The first-order valence-corrected chi connectivity index (χ1v) is 12.7. The highest BCUT2D eigenvalue weighted by atomic mass is 32.2. The summed E-state index contributed by atoms with van der Waals surface area (Å²) in [7, 11) is 1.98. The van der Waals surface area contributed by atoms with Crippen LogP contribution in [-0.2, 0) is 15.1 Å². The Labute approximate surface area is 209 Å². The fourth-order valence-corrected chi connectivity index (χ4v) is 7.97. The number of fused-ring (bicyclic) bond motifs is 4. The van der Waals surface area contributed by atoms with E-state index in [1.807, 2.05) is 55.6 Å². The van der Waals surface area contributed by atoms with Gasteiger partial charge in [0, 0.05) is 35.2 Å². The van der Waals surface area contributed by atoms with Gasteiger partial charge in [-0.25, -0.2) is 0 Å². The van der Waals surface area contributed by atoms with Crippen LogP contribution < -0.4 is 10.2 Å². The molecule has 1 fully saturated rings. The molecule has 2 amide bonds. The van der Waals surface area contributed by atoms with E-state index < -0.39 is 10.3 Å². The number of rotatable bonds is 3. The van der Waals surface area contributed by atoms with Crippen molar-refractivity contribution >= 4 is 35.0 Å². The molecule has 0 unspecified atom stereocenters. The van der Waals surface area contributed by atoms with Crippen LogP contribution in [0.5, 0.6) is 0 Å². The van der Waals surface area contributed by atoms with Gasteiger partial charge in [0.2, 0.25) is 5.91 Å². The van der Waals surface area contributed by atoms with Crippen molar-refractivity contribution in [1.29, 1.82) is 0 Å². The van der Waals surface area contributed by atoms with Gasteiger partial charge in [0.25, 0.3) is 5.91 Å². The number of nitrogens with zero attached hydrogens (tertiary/aromatic N) is 2. The van der Waals surface area contributed by atoms with Gasteiger partial charge in [-0.1, -0.05) is 66.2 Å². The Hall–Kier alpha value is -3.35. The Bertz CT molecular complexity index is 1370. The second-order valence-corrected chi connectivity index (χ2v) is 10.9. The van der Waals surface area contributed by atoms with Gasteiger partial charge in [-0.2, -0.15) is 0 Å². The van der Waals surface area contributed by atoms with Crippen LogP contribution in [0.1, 0.15) is 22.6 Å². The number of anilines is 2. The smallest absolute Gasteiger partial charge is 0.254 e. The van der Waals surface area contributed by atoms with Gasteiger partial charge in [0.1, 0.15) is 4.75 Å². The van der Waals surface area contributed by atoms with E-state index in [-0.39, 0.29) is 17.7 Å². The third kappa shape index (κ3) is 2.75. The number of para-hydroxylation sites is 2. The summed E-state index contributed by atoms with van der Waals surface area (Å²) >= 11 is 1.54. The first kappa shape index (κ1) is 22.1. The molecule has 3 aromatic carbocycles. The molecule has 6 rings (SSSR count). The molecule has 3 aliphatic heterocycles. The second-order valence-electron chi connectivity index (χ2n) is 9.56. The Morgan fingerprint density at radius 2 is 1.77 bits per heavy atom. The average Bonchev–Trinajstić information content (AvgIpc) is 3.27. The van der Waals surface area contributed by atoms with Crippen LogP contribution in [0, 0.1) is 6.92 Å². The maximum atomic E-state index is 14.6. The molecular weight excluding hydrogens is 454 g/mol. The van der Waals surface area contributed by atoms with Crippen molar-refractivity contribution in [2.24, 2.45) is 0 Å². The van der Waals surface area contributed by atoms with E-state index in [0.29, 0.717) is 13.1 Å². The molecule has 3 aliphatic rings. The topological polar surface area (TPSA) is 52.7 Å². The van der Waals surface area contributed by atoms with E-state index >= 15 is 0 Å². The molecular formula is C29H27N3O2S. The quantitative estimate of drug-likeness (QED) is 0.539. The predicted molar refractivity (Wildman–Crippen MR) is 141 cm³/mol. The summed E-state index contributed by atoms with van der Waals surface area (Å²) in [5.74, 6) is -0.399. The molecule has 0 aliphatic carbocycles. The Morgan fingerprint density at radius 3 is 2.54 bits per heavy atom. The van der Waals surface area contributed by atoms with E-state index in [4.69, 9.17) is 0 Å². The SMILES string of the molecule is C=CCN1C(=O)[C@]2(c3ccccc31)N(C)C[C@H](c1ccc(C)cc1)[C@]21Sc2ccccc2NC1=O. The molecule has 5 nitrogen and oxygen atoms in total. The highest BCUT2D eigenvalue weighted by Crippen LogP contribution is 2.66. The number of amides is 2. The minimum Gasteiger partial charge on any atom is -0.324 e. The molecule has 35 heavy (non-hydrogen) atoms. The molecule has 0 aromatic heterocycles. The zero-order valence-electron chi connectivity index (χ0n) is 19.8. The van der Waals surface area contributed by atoms with Gasteiger partial charge in [0.15, 0.2) is 5.54 Å². The molecule has 6 heteroatoms. The first-order chi connectivity index (χ1) is 16.9. The number of carbonyl (C=O) groups is 2. The largest absolute Gasteiger partial charge is 0.324 e. The van der Waals surface area contributed by atoms with E-state index in [1.165, 1.54) is 0 Å². The zero-order chi connectivity index (χ0) is 24.4. The van der Waals surface area contributed by atoms with Crippen LogP contribution >= 0.6 is 11.8 Å². The second kappa shape index (κ2) is 7.83. The van der Waals surface area contributed by atoms with E-state index in [9.17, 15) is 9.59 Å². The molecule has 0 bridgehead atoms. The number of nitrogens with one attached hydrogen (secondary N) is 1. The maximum Gasteiger partial charge on any atom is 0.254 e. The summed E-state index contributed by atoms with van der Waals surface area (Å²) in [6.07, 6.45) is 1.75. The molecule has 2 spiro atoms. The van der Waals surface area contributed by atoms with Crippen molar-refractivity contribution < 1.29 is 9.59 Å². The molecule has 0 saturated carbocycles. The number of benzene rings is 3. The maximum absolute atomic E-state index is 14.6. The standard InChI is InChI=1S/C29H27N3O2S/c1-4-17-32-24-11-7-5-9-21(24)28(27(32)34)29(26(33)30-23-10-6-8-12-25(23)35-29)22(18-31(28)3)20-15-13-19(2)14-16-20/h4-16,22H,1,17-18H2,2-3H3,(H,30,33)/t22-,28+,29-/m1/s1. The van der Waals surface area contributed by atoms with Crippen LogP contribution in [0.25, 0.3) is 0 Å². The number of hydrogen-bond donors (Lipinski definition) is 1. The third-order valence-corrected chi connectivity index (χ3v) is 9.39. The molecule has 3 atom stereocenters. The summed E-state index contributed by atoms with van der Waals surface area (Å²) < 4.78 is -1.10. The van der Waals surface area contributed by atoms with Gasteiger partial charge < -0.3 is 10.2 Å². The van der Waals surface area contributed by atoms with Crippen molar-refractivity contribution in [3.8, 4) is 0 Å². The number of aryl methyl sites for hydroxylation is 1. The zero-order valence-corrected chi connectivity index (χ0v) is 20.6. The number of likely N-dealkylation sites (tertiary alicyclic amines) is 1. The average molecular weight is 482 g/mol. The number of likely N-dealkylation sites (N-methyl/N-ethyl adjacent to an activating group) is 1. The van der Waals surface area contributed by atoms with Crippen molar-refractivity contribution in [2.45, 2.75) is 28.0 Å². The van der Waals surface area contributed by atoms with Gasteiger partial charge in [-0.15, -0.1) is 18.3 Å². The van der Waals surface area contributed by atoms with Crippen molar-refractivity contribution in [1.82, 2.24) is 4.90 Å². The minimum absolute atomic E-state index is 0.0715. The first-order valence-electron chi connectivity index (χ1n) is 11.8. The lowest BCUT2D eigenvalue weighted by Crippen LogP contribution is -2.65. The highest BCUT2D eigenvalue weighted by Gasteiger charge is 2.76. The lowest BCUT2D eigenvalue weighted by molar-refractivity contribution is -0.134. The number of hydrogen-bond acceptors (Lipinski definition) is 4. The molecule has 3 heterocycles. The van der Waals surface area contributed by atoms with Crippen LogP contribution in [0.4, 0.5) is 11.4 Å². The molecule has 176 valence electrons. The van der Waals surface area contributed by atoms with Crippen LogP contribution in [0.2, 0.25) is 0 Å². The normalized spacial score (nSPS) is 27.3. The predicted octanol–water partition coefficient (Wildman–Crippen LogP) is 4.94. The summed E-state index contributed by atoms with van der Waals surface area (Å²) in [5.41, 5.74) is 3.58. The van der Waals surface area contributed by atoms with E-state index in [1.54, 1.807) is 22.7 Å². The molecule has 3 aromatic rings. The number of carbonyl (C=O) groups excluding carboxylic acids is 2. The Balaban J connectivity index is 1.67. The number of thioether (sulfide) groups is 1. The van der Waals surface area contributed by atoms with Crippen LogP contribution in [-0.4, -0.2) is 41.6 Å². The Morgan fingerprint density at radius 1 is 1.06 bits per heavy atom. The van der Waals surface area contributed by atoms with Crippen molar-refractivity contribution in [3.63, 3.8) is 0 Å². The third-order valence-electron chi connectivity index (χ3n) is 7.73. The van der Waals surface area contributed by atoms with Crippen molar-refractivity contribution in [3.05, 3.63) is 102 Å². The Kier molecular flexibility index (Phi) is 4.95. The summed E-state index contributed by atoms with van der Waals surface area (Å²) in [5, 5.41) is 3.20. The van der Waals surface area contributed by atoms with Crippen LogP contribution in [0.15, 0.2) is 90.3 Å². The molecule has 1 saturated heterocycles. The molecule has 0 radical (unpaired) electrons. The fourth-order valence-electron chi connectivity index (χ4n) is 6.25. The lowest BCUT2D eigenvalue weighted by atomic mass is 9.72.